The largest absolute Gasteiger partial charge is 0.310 e. The van der Waals surface area contributed by atoms with Gasteiger partial charge in [-0.1, -0.05) is 6.07 Å². The van der Waals surface area contributed by atoms with Crippen LogP contribution in [0.15, 0.2) is 24.4 Å². The van der Waals surface area contributed by atoms with Crippen molar-refractivity contribution in [2.75, 3.05) is 13.1 Å². The van der Waals surface area contributed by atoms with Gasteiger partial charge in [-0.15, -0.1) is 0 Å². The number of rotatable bonds is 5. The number of pyridine rings is 1. The van der Waals surface area contributed by atoms with Gasteiger partial charge >= 0.3 is 0 Å². The van der Waals surface area contributed by atoms with E-state index in [1.54, 1.807) is 13.1 Å². The minimum Gasteiger partial charge on any atom is -0.310 e. The van der Waals surface area contributed by atoms with Crippen LogP contribution in [0.25, 0.3) is 0 Å². The average molecular weight is 178 g/mol. The second-order valence-electron chi connectivity index (χ2n) is 2.95. The van der Waals surface area contributed by atoms with E-state index >= 15 is 0 Å². The predicted octanol–water partition coefficient (Wildman–Crippen LogP) is 0.803. The maximum Gasteiger partial charge on any atom is 0.143 e. The molecule has 0 spiro atoms. The molecule has 3 heteroatoms. The summed E-state index contributed by atoms with van der Waals surface area (Å²) in [7, 11) is 0. The van der Waals surface area contributed by atoms with Gasteiger partial charge < -0.3 is 5.32 Å². The fourth-order valence-corrected chi connectivity index (χ4v) is 1.03. The van der Waals surface area contributed by atoms with Crippen LogP contribution in [0.5, 0.6) is 0 Å². The van der Waals surface area contributed by atoms with E-state index < -0.39 is 0 Å². The molecule has 1 aromatic rings. The molecule has 3 nitrogen and oxygen atoms in total. The van der Waals surface area contributed by atoms with Crippen molar-refractivity contribution in [2.24, 2.45) is 0 Å². The van der Waals surface area contributed by atoms with Crippen LogP contribution in [0.4, 0.5) is 0 Å². The molecule has 0 unspecified atom stereocenters. The van der Waals surface area contributed by atoms with Crippen LogP contribution in [-0.2, 0) is 11.2 Å². The van der Waals surface area contributed by atoms with Gasteiger partial charge in [-0.3, -0.25) is 9.78 Å². The Hall–Kier alpha value is -1.22. The highest BCUT2D eigenvalue weighted by Crippen LogP contribution is 1.92. The molecule has 1 heterocycles. The van der Waals surface area contributed by atoms with Gasteiger partial charge in [-0.25, -0.2) is 0 Å². The Bertz CT molecular complexity index is 259. The van der Waals surface area contributed by atoms with Gasteiger partial charge in [0.05, 0.1) is 6.54 Å². The molecular formula is C10H14N2O. The standard InChI is InChI=1S/C10H14N2O/c1-9(13)8-11-7-5-10-4-2-3-6-12-10/h2-4,6,11H,5,7-8H2,1H3. The zero-order valence-electron chi connectivity index (χ0n) is 7.79. The zero-order chi connectivity index (χ0) is 9.52. The minimum absolute atomic E-state index is 0.168. The van der Waals surface area contributed by atoms with Crippen molar-refractivity contribution in [1.82, 2.24) is 10.3 Å². The summed E-state index contributed by atoms with van der Waals surface area (Å²) >= 11 is 0. The van der Waals surface area contributed by atoms with E-state index in [0.717, 1.165) is 18.7 Å². The molecule has 0 saturated carbocycles. The molecule has 0 radical (unpaired) electrons. The smallest absolute Gasteiger partial charge is 0.143 e. The van der Waals surface area contributed by atoms with E-state index in [2.05, 4.69) is 10.3 Å². The monoisotopic (exact) mass is 178 g/mol. The average Bonchev–Trinajstić information content (AvgIpc) is 2.14. The molecule has 70 valence electrons. The van der Waals surface area contributed by atoms with Crippen molar-refractivity contribution in [3.63, 3.8) is 0 Å². The molecule has 0 aliphatic carbocycles. The van der Waals surface area contributed by atoms with Crippen LogP contribution >= 0.6 is 0 Å². The van der Waals surface area contributed by atoms with Crippen molar-refractivity contribution < 1.29 is 4.79 Å². The van der Waals surface area contributed by atoms with Gasteiger partial charge in [0.25, 0.3) is 0 Å². The maximum absolute atomic E-state index is 10.6. The summed E-state index contributed by atoms with van der Waals surface area (Å²) < 4.78 is 0. The molecule has 1 aromatic heterocycles. The molecule has 0 atom stereocenters. The van der Waals surface area contributed by atoms with Gasteiger partial charge in [0.15, 0.2) is 0 Å². The first-order valence-corrected chi connectivity index (χ1v) is 4.39. The van der Waals surface area contributed by atoms with Crippen LogP contribution in [0.3, 0.4) is 0 Å². The summed E-state index contributed by atoms with van der Waals surface area (Å²) in [5.74, 6) is 0.168. The lowest BCUT2D eigenvalue weighted by Crippen LogP contribution is -2.23. The van der Waals surface area contributed by atoms with E-state index in [-0.39, 0.29) is 5.78 Å². The Morgan fingerprint density at radius 1 is 1.54 bits per heavy atom. The molecule has 0 saturated heterocycles. The number of hydrogen-bond acceptors (Lipinski definition) is 3. The number of Topliss-reactive ketones (excluding diaryl/α,β-unsaturated/α-hetero) is 1. The third-order valence-electron chi connectivity index (χ3n) is 1.66. The second-order valence-corrected chi connectivity index (χ2v) is 2.95. The van der Waals surface area contributed by atoms with Gasteiger partial charge in [-0.05, 0) is 19.1 Å². The molecule has 0 fully saturated rings. The van der Waals surface area contributed by atoms with Crippen LogP contribution < -0.4 is 5.32 Å². The zero-order valence-corrected chi connectivity index (χ0v) is 7.79. The number of nitrogens with one attached hydrogen (secondary N) is 1. The molecular weight excluding hydrogens is 164 g/mol. The minimum atomic E-state index is 0.168. The van der Waals surface area contributed by atoms with Crippen LogP contribution in [-0.4, -0.2) is 23.9 Å². The molecule has 1 rings (SSSR count). The second kappa shape index (κ2) is 5.43. The molecule has 13 heavy (non-hydrogen) atoms. The molecule has 0 aromatic carbocycles. The highest BCUT2D eigenvalue weighted by atomic mass is 16.1. The summed E-state index contributed by atoms with van der Waals surface area (Å²) in [5, 5.41) is 3.04. The Morgan fingerprint density at radius 3 is 3.00 bits per heavy atom. The Labute approximate surface area is 78.2 Å². The first kappa shape index (κ1) is 9.86. The van der Waals surface area contributed by atoms with E-state index in [1.807, 2.05) is 18.2 Å². The van der Waals surface area contributed by atoms with Crippen molar-refractivity contribution in [3.8, 4) is 0 Å². The number of carbonyl (C=O) groups excluding carboxylic acids is 1. The van der Waals surface area contributed by atoms with Crippen molar-refractivity contribution >= 4 is 5.78 Å². The lowest BCUT2D eigenvalue weighted by molar-refractivity contribution is -0.116. The predicted molar refractivity (Wildman–Crippen MR) is 51.5 cm³/mol. The normalized spacial score (nSPS) is 9.92. The Balaban J connectivity index is 2.17. The Morgan fingerprint density at radius 2 is 2.38 bits per heavy atom. The lowest BCUT2D eigenvalue weighted by atomic mass is 10.3. The van der Waals surface area contributed by atoms with Crippen molar-refractivity contribution in [2.45, 2.75) is 13.3 Å². The molecule has 1 N–H and O–H groups in total. The van der Waals surface area contributed by atoms with E-state index in [4.69, 9.17) is 0 Å². The summed E-state index contributed by atoms with van der Waals surface area (Å²) in [4.78, 5) is 14.7. The van der Waals surface area contributed by atoms with Crippen LogP contribution in [0, 0.1) is 0 Å². The van der Waals surface area contributed by atoms with E-state index in [0.29, 0.717) is 6.54 Å². The maximum atomic E-state index is 10.6. The summed E-state index contributed by atoms with van der Waals surface area (Å²) in [6.45, 7) is 2.83. The third kappa shape index (κ3) is 4.38. The van der Waals surface area contributed by atoms with E-state index in [1.165, 1.54) is 0 Å². The summed E-state index contributed by atoms with van der Waals surface area (Å²) in [6, 6.07) is 5.84. The third-order valence-corrected chi connectivity index (χ3v) is 1.66. The number of nitrogens with zero attached hydrogens (tertiary/aromatic N) is 1. The first-order chi connectivity index (χ1) is 6.29. The van der Waals surface area contributed by atoms with Gasteiger partial charge in [0.2, 0.25) is 0 Å². The van der Waals surface area contributed by atoms with Crippen LogP contribution in [0.1, 0.15) is 12.6 Å². The summed E-state index contributed by atoms with van der Waals surface area (Å²) in [5.41, 5.74) is 1.05. The Kier molecular flexibility index (Phi) is 4.12. The SMILES string of the molecule is CC(=O)CNCCc1ccccn1. The highest BCUT2D eigenvalue weighted by molar-refractivity contribution is 5.77. The topological polar surface area (TPSA) is 42.0 Å². The van der Waals surface area contributed by atoms with Gasteiger partial charge in [0, 0.05) is 24.9 Å². The number of ketones is 1. The first-order valence-electron chi connectivity index (χ1n) is 4.39. The van der Waals surface area contributed by atoms with Gasteiger partial charge in [0.1, 0.15) is 5.78 Å². The quantitative estimate of drug-likeness (QED) is 0.678. The highest BCUT2D eigenvalue weighted by Gasteiger charge is 1.94. The van der Waals surface area contributed by atoms with Crippen molar-refractivity contribution in [1.29, 1.82) is 0 Å². The molecule has 0 bridgehead atoms. The fraction of sp³-hybridized carbons (Fsp3) is 0.400. The number of aromatic nitrogens is 1. The van der Waals surface area contributed by atoms with Crippen LogP contribution in [0.2, 0.25) is 0 Å². The summed E-state index contributed by atoms with van der Waals surface area (Å²) in [6.07, 6.45) is 2.65. The number of carbonyl (C=O) groups is 1. The molecule has 0 aliphatic heterocycles. The van der Waals surface area contributed by atoms with Crippen molar-refractivity contribution in [3.05, 3.63) is 30.1 Å². The molecule has 0 aliphatic rings. The number of hydrogen-bond donors (Lipinski definition) is 1. The fourth-order valence-electron chi connectivity index (χ4n) is 1.03. The lowest BCUT2D eigenvalue weighted by Gasteiger charge is -2.01. The van der Waals surface area contributed by atoms with E-state index in [9.17, 15) is 4.79 Å². The molecule has 0 amide bonds. The van der Waals surface area contributed by atoms with Gasteiger partial charge in [-0.2, -0.15) is 0 Å².